The number of nitrogens with two attached hydrogens (primary N) is 1. The van der Waals surface area contributed by atoms with E-state index >= 15 is 0 Å². The van der Waals surface area contributed by atoms with Gasteiger partial charge in [-0.1, -0.05) is 25.1 Å². The number of nitrogen functional groups attached to an aromatic ring is 1. The maximum absolute atomic E-state index is 5.78. The van der Waals surface area contributed by atoms with Crippen molar-refractivity contribution in [3.05, 3.63) is 22.8 Å². The zero-order chi connectivity index (χ0) is 19.6. The van der Waals surface area contributed by atoms with Crippen LogP contribution >= 0.6 is 11.8 Å². The molecule has 0 aliphatic rings. The third kappa shape index (κ3) is 4.26. The Kier molecular flexibility index (Phi) is 5.73. The molecule has 0 saturated heterocycles. The minimum Gasteiger partial charge on any atom is -0.368 e. The number of hydrogen-bond acceptors (Lipinski definition) is 9. The Labute approximate surface area is 162 Å². The fraction of sp³-hybridized carbons (Fsp3) is 0.529. The molecule has 0 fully saturated rings. The summed E-state index contributed by atoms with van der Waals surface area (Å²) in [6.07, 6.45) is 3.30. The zero-order valence-electron chi connectivity index (χ0n) is 16.4. The quantitative estimate of drug-likeness (QED) is 0.610. The van der Waals surface area contributed by atoms with Crippen LogP contribution < -0.4 is 10.6 Å². The van der Waals surface area contributed by atoms with E-state index in [0.717, 1.165) is 30.7 Å². The molecule has 0 aromatic carbocycles. The molecule has 0 saturated carbocycles. The molecule has 0 radical (unpaired) electrons. The lowest BCUT2D eigenvalue weighted by atomic mass is 10.1. The van der Waals surface area contributed by atoms with Crippen LogP contribution in [0, 0.1) is 13.8 Å². The molecule has 3 aromatic heterocycles. The highest BCUT2D eigenvalue weighted by molar-refractivity contribution is 7.98. The number of rotatable bonds is 7. The van der Waals surface area contributed by atoms with Crippen molar-refractivity contribution in [2.75, 3.05) is 24.7 Å². The van der Waals surface area contributed by atoms with E-state index in [2.05, 4.69) is 43.9 Å². The summed E-state index contributed by atoms with van der Waals surface area (Å²) in [6, 6.07) is 0. The molecule has 0 unspecified atom stereocenters. The highest BCUT2D eigenvalue weighted by Gasteiger charge is 2.14. The molecule has 3 rings (SSSR count). The summed E-state index contributed by atoms with van der Waals surface area (Å²) < 4.78 is 1.83. The molecule has 3 heterocycles. The smallest absolute Gasteiger partial charge is 0.253 e. The monoisotopic (exact) mass is 387 g/mol. The fourth-order valence-corrected chi connectivity index (χ4v) is 3.46. The van der Waals surface area contributed by atoms with Crippen LogP contribution in [0.4, 0.5) is 11.9 Å². The van der Waals surface area contributed by atoms with Crippen molar-refractivity contribution in [3.8, 4) is 0 Å². The zero-order valence-corrected chi connectivity index (χ0v) is 17.2. The Morgan fingerprint density at radius 2 is 1.85 bits per heavy atom. The van der Waals surface area contributed by atoms with Gasteiger partial charge in [-0.25, -0.2) is 9.50 Å². The highest BCUT2D eigenvalue weighted by Crippen LogP contribution is 2.22. The Morgan fingerprint density at radius 3 is 2.56 bits per heavy atom. The number of aryl methyl sites for hydroxylation is 2. The van der Waals surface area contributed by atoms with Crippen LogP contribution in [0.3, 0.4) is 0 Å². The van der Waals surface area contributed by atoms with Gasteiger partial charge in [0, 0.05) is 25.5 Å². The highest BCUT2D eigenvalue weighted by atomic mass is 32.2. The van der Waals surface area contributed by atoms with Crippen molar-refractivity contribution in [2.24, 2.45) is 0 Å². The largest absolute Gasteiger partial charge is 0.368 e. The Hall–Kier alpha value is -2.49. The van der Waals surface area contributed by atoms with E-state index < -0.39 is 0 Å². The van der Waals surface area contributed by atoms with E-state index in [9.17, 15) is 0 Å². The SMILES string of the molecule is CCCCc1c(C)nc2nc(SCc3nc(N)nc(N(C)C)n3)nn2c1C. The number of fused-ring (bicyclic) bond motifs is 1. The maximum atomic E-state index is 5.78. The van der Waals surface area contributed by atoms with Crippen LogP contribution in [0.15, 0.2) is 5.16 Å². The van der Waals surface area contributed by atoms with Crippen molar-refractivity contribution < 1.29 is 0 Å². The van der Waals surface area contributed by atoms with Crippen molar-refractivity contribution in [3.63, 3.8) is 0 Å². The van der Waals surface area contributed by atoms with Crippen molar-refractivity contribution in [1.82, 2.24) is 34.5 Å². The number of anilines is 2. The minimum atomic E-state index is 0.209. The Balaban J connectivity index is 1.83. The van der Waals surface area contributed by atoms with Crippen LogP contribution in [0.1, 0.15) is 42.5 Å². The van der Waals surface area contributed by atoms with Gasteiger partial charge in [-0.15, -0.1) is 5.10 Å². The first-order valence-electron chi connectivity index (χ1n) is 8.92. The molecular weight excluding hydrogens is 362 g/mol. The number of nitrogens with zero attached hydrogens (tertiary/aromatic N) is 8. The molecule has 0 atom stereocenters. The molecule has 0 amide bonds. The summed E-state index contributed by atoms with van der Waals surface area (Å²) in [4.78, 5) is 23.7. The van der Waals surface area contributed by atoms with Gasteiger partial charge in [0.05, 0.1) is 5.75 Å². The van der Waals surface area contributed by atoms with Crippen LogP contribution in [0.5, 0.6) is 0 Å². The lowest BCUT2D eigenvalue weighted by Crippen LogP contribution is -2.15. The van der Waals surface area contributed by atoms with Crippen LogP contribution in [0.2, 0.25) is 0 Å². The lowest BCUT2D eigenvalue weighted by molar-refractivity contribution is 0.753. The predicted molar refractivity (Wildman–Crippen MR) is 107 cm³/mol. The van der Waals surface area contributed by atoms with Gasteiger partial charge in [0.2, 0.25) is 17.1 Å². The first-order chi connectivity index (χ1) is 12.9. The normalized spacial score (nSPS) is 11.3. The van der Waals surface area contributed by atoms with E-state index in [0.29, 0.717) is 28.5 Å². The summed E-state index contributed by atoms with van der Waals surface area (Å²) in [6.45, 7) is 6.30. The fourth-order valence-electron chi connectivity index (χ4n) is 2.79. The first kappa shape index (κ1) is 19.3. The van der Waals surface area contributed by atoms with Gasteiger partial charge in [-0.05, 0) is 32.3 Å². The second-order valence-corrected chi connectivity index (χ2v) is 7.51. The second kappa shape index (κ2) is 8.03. The van der Waals surface area contributed by atoms with E-state index in [4.69, 9.17) is 5.73 Å². The van der Waals surface area contributed by atoms with Gasteiger partial charge in [-0.3, -0.25) is 0 Å². The number of unbranched alkanes of at least 4 members (excludes halogenated alkanes) is 1. The van der Waals surface area contributed by atoms with E-state index in [1.165, 1.54) is 17.3 Å². The first-order valence-corrected chi connectivity index (χ1v) is 9.91. The number of hydrogen-bond donors (Lipinski definition) is 1. The minimum absolute atomic E-state index is 0.209. The summed E-state index contributed by atoms with van der Waals surface area (Å²) in [7, 11) is 3.73. The topological polar surface area (TPSA) is 111 Å². The van der Waals surface area contributed by atoms with Gasteiger partial charge in [-0.2, -0.15) is 19.9 Å². The van der Waals surface area contributed by atoms with E-state index in [-0.39, 0.29) is 5.95 Å². The molecule has 2 N–H and O–H groups in total. The molecule has 9 nitrogen and oxygen atoms in total. The van der Waals surface area contributed by atoms with Gasteiger partial charge < -0.3 is 10.6 Å². The Bertz CT molecular complexity index is 951. The summed E-state index contributed by atoms with van der Waals surface area (Å²) in [5.74, 6) is 2.47. The van der Waals surface area contributed by atoms with Crippen LogP contribution in [-0.2, 0) is 12.2 Å². The van der Waals surface area contributed by atoms with Crippen LogP contribution in [0.25, 0.3) is 5.78 Å². The van der Waals surface area contributed by atoms with Crippen molar-refractivity contribution >= 4 is 29.4 Å². The standard InChI is InChI=1S/C17H25N9S/c1-6-7-8-12-10(2)19-16-23-17(24-26(16)11(12)3)27-9-13-20-14(18)22-15(21-13)25(4)5/h6-9H2,1-5H3,(H2,18,20,21,22). The number of thioether (sulfide) groups is 1. The number of aromatic nitrogens is 7. The van der Waals surface area contributed by atoms with Gasteiger partial charge in [0.1, 0.15) is 5.82 Å². The molecule has 0 aliphatic heterocycles. The summed E-state index contributed by atoms with van der Waals surface area (Å²) in [5, 5.41) is 5.25. The van der Waals surface area contributed by atoms with Crippen LogP contribution in [-0.4, -0.2) is 48.6 Å². The molecule has 27 heavy (non-hydrogen) atoms. The third-order valence-corrected chi connectivity index (χ3v) is 5.06. The van der Waals surface area contributed by atoms with Gasteiger partial charge in [0.15, 0.2) is 0 Å². The molecule has 0 bridgehead atoms. The molecular formula is C17H25N9S. The third-order valence-electron chi connectivity index (χ3n) is 4.23. The average Bonchev–Trinajstić information content (AvgIpc) is 3.02. The second-order valence-electron chi connectivity index (χ2n) is 6.56. The predicted octanol–water partition coefficient (Wildman–Crippen LogP) is 2.21. The molecule has 0 spiro atoms. The van der Waals surface area contributed by atoms with Gasteiger partial charge in [0.25, 0.3) is 5.78 Å². The van der Waals surface area contributed by atoms with Gasteiger partial charge >= 0.3 is 0 Å². The molecule has 144 valence electrons. The average molecular weight is 388 g/mol. The lowest BCUT2D eigenvalue weighted by Gasteiger charge is -2.10. The summed E-state index contributed by atoms with van der Waals surface area (Å²) in [5.41, 5.74) is 9.16. The summed E-state index contributed by atoms with van der Waals surface area (Å²) >= 11 is 1.46. The van der Waals surface area contributed by atoms with Crippen molar-refractivity contribution in [2.45, 2.75) is 50.9 Å². The molecule has 3 aromatic rings. The molecule has 10 heteroatoms. The van der Waals surface area contributed by atoms with E-state index in [1.807, 2.05) is 25.5 Å². The van der Waals surface area contributed by atoms with Crippen molar-refractivity contribution in [1.29, 1.82) is 0 Å². The van der Waals surface area contributed by atoms with E-state index in [1.54, 1.807) is 4.90 Å². The molecule has 0 aliphatic carbocycles. The Morgan fingerprint density at radius 1 is 1.07 bits per heavy atom. The maximum Gasteiger partial charge on any atom is 0.253 e.